The van der Waals surface area contributed by atoms with Gasteiger partial charge in [0.05, 0.1) is 12.3 Å². The molecule has 9 nitrogen and oxygen atoms in total. The number of rotatable bonds is 4. The lowest BCUT2D eigenvalue weighted by molar-refractivity contribution is 0.360. The second-order valence-corrected chi connectivity index (χ2v) is 5.91. The third-order valence-corrected chi connectivity index (χ3v) is 2.81. The first kappa shape index (κ1) is 20.6. The van der Waals surface area contributed by atoms with E-state index in [-0.39, 0.29) is 5.48 Å². The molecule has 10 N–H and O–H groups in total. The van der Waals surface area contributed by atoms with Gasteiger partial charge in [-0.15, -0.1) is 0 Å². The van der Waals surface area contributed by atoms with Crippen molar-refractivity contribution in [3.63, 3.8) is 0 Å². The van der Waals surface area contributed by atoms with Gasteiger partial charge in [0, 0.05) is 13.1 Å². The van der Waals surface area contributed by atoms with Crippen LogP contribution in [0.25, 0.3) is 0 Å². The summed E-state index contributed by atoms with van der Waals surface area (Å²) in [5, 5.41) is 0. The van der Waals surface area contributed by atoms with Gasteiger partial charge in [0.25, 0.3) is 0 Å². The van der Waals surface area contributed by atoms with Crippen molar-refractivity contribution in [3.05, 3.63) is 0 Å². The van der Waals surface area contributed by atoms with E-state index in [2.05, 4.69) is 0 Å². The summed E-state index contributed by atoms with van der Waals surface area (Å²) in [4.78, 5) is 32.6. The van der Waals surface area contributed by atoms with E-state index >= 15 is 0 Å². The van der Waals surface area contributed by atoms with Gasteiger partial charge in [-0.05, 0) is 0 Å². The van der Waals surface area contributed by atoms with Crippen LogP contribution >= 0.6 is 15.2 Å². The molecular formula is C4H18N2O7P2. The van der Waals surface area contributed by atoms with E-state index in [1.807, 2.05) is 0 Å². The van der Waals surface area contributed by atoms with Crippen molar-refractivity contribution in [2.24, 2.45) is 11.5 Å². The molecule has 0 aliphatic carbocycles. The molecule has 0 heterocycles. The predicted octanol–water partition coefficient (Wildman–Crippen LogP) is -2.58. The minimum atomic E-state index is -4.25. The molecule has 0 saturated carbocycles. The molecule has 11 heteroatoms. The Morgan fingerprint density at radius 2 is 1.00 bits per heavy atom. The summed E-state index contributed by atoms with van der Waals surface area (Å²) < 4.78 is 20.1. The number of hydrogen-bond acceptors (Lipinski definition) is 4. The Bertz CT molecular complexity index is 199. The van der Waals surface area contributed by atoms with E-state index in [0.717, 1.165) is 0 Å². The lowest BCUT2D eigenvalue weighted by Gasteiger charge is -2.03. The fourth-order valence-electron chi connectivity index (χ4n) is 0.261. The van der Waals surface area contributed by atoms with Gasteiger partial charge in [0.15, 0.2) is 0 Å². The van der Waals surface area contributed by atoms with Crippen LogP contribution in [0.5, 0.6) is 0 Å². The SMILES string of the molecule is NCCN.O.O=P(O)(O)CCP(=O)(O)O. The highest BCUT2D eigenvalue weighted by Crippen LogP contribution is 2.42. The maximum atomic E-state index is 10.0. The molecule has 0 fully saturated rings. The Hall–Kier alpha value is 0.180. The predicted molar refractivity (Wildman–Crippen MR) is 55.5 cm³/mol. The standard InChI is InChI=1S/C2H8N2.C2H8O6P2.H2O/c3-1-2-4;3-9(4,5)1-2-10(6,7)8;/h1-4H2;1-2H2,(H2,3,4,5)(H2,6,7,8);1H2. The van der Waals surface area contributed by atoms with Gasteiger partial charge in [-0.25, -0.2) is 0 Å². The van der Waals surface area contributed by atoms with Gasteiger partial charge in [0.2, 0.25) is 0 Å². The fourth-order valence-corrected chi connectivity index (χ4v) is 2.34. The lowest BCUT2D eigenvalue weighted by atomic mass is 10.7. The first-order valence-electron chi connectivity index (χ1n) is 3.61. The van der Waals surface area contributed by atoms with Crippen molar-refractivity contribution < 1.29 is 34.2 Å². The largest absolute Gasteiger partial charge is 0.412 e. The van der Waals surface area contributed by atoms with Crippen LogP contribution in [-0.4, -0.2) is 50.5 Å². The van der Waals surface area contributed by atoms with Gasteiger partial charge in [-0.3, -0.25) is 9.13 Å². The van der Waals surface area contributed by atoms with Crippen LogP contribution in [0.15, 0.2) is 0 Å². The third kappa shape index (κ3) is 31.4. The van der Waals surface area contributed by atoms with E-state index in [1.54, 1.807) is 0 Å². The van der Waals surface area contributed by atoms with Crippen molar-refractivity contribution in [1.82, 2.24) is 0 Å². The second kappa shape index (κ2) is 9.41. The monoisotopic (exact) mass is 268 g/mol. The number of nitrogens with two attached hydrogens (primary N) is 2. The molecule has 0 aliphatic rings. The minimum Gasteiger partial charge on any atom is -0.412 e. The third-order valence-electron chi connectivity index (χ3n) is 0.849. The summed E-state index contributed by atoms with van der Waals surface area (Å²) in [6, 6.07) is 0. The van der Waals surface area contributed by atoms with E-state index in [9.17, 15) is 9.13 Å². The summed E-state index contributed by atoms with van der Waals surface area (Å²) in [6.45, 7) is 1.19. The molecule has 0 aromatic rings. The van der Waals surface area contributed by atoms with Gasteiger partial charge in [0.1, 0.15) is 0 Å². The molecule has 0 aromatic heterocycles. The van der Waals surface area contributed by atoms with Gasteiger partial charge < -0.3 is 36.5 Å². The van der Waals surface area contributed by atoms with E-state index in [0.29, 0.717) is 13.1 Å². The Labute approximate surface area is 87.1 Å². The Morgan fingerprint density at radius 1 is 0.800 bits per heavy atom. The molecule has 0 aromatic carbocycles. The summed E-state index contributed by atoms with van der Waals surface area (Å²) in [5.41, 5.74) is 9.81. The molecule has 0 saturated heterocycles. The molecule has 0 radical (unpaired) electrons. The van der Waals surface area contributed by atoms with Gasteiger partial charge in [-0.1, -0.05) is 0 Å². The molecule has 96 valence electrons. The fraction of sp³-hybridized carbons (Fsp3) is 1.00. The van der Waals surface area contributed by atoms with Crippen molar-refractivity contribution in [3.8, 4) is 0 Å². The molecule has 0 atom stereocenters. The highest BCUT2D eigenvalue weighted by molar-refractivity contribution is 7.56. The molecule has 15 heavy (non-hydrogen) atoms. The Kier molecular flexibility index (Phi) is 12.9. The smallest absolute Gasteiger partial charge is 0.326 e. The van der Waals surface area contributed by atoms with Crippen LogP contribution in [-0.2, 0) is 9.13 Å². The van der Waals surface area contributed by atoms with Crippen LogP contribution in [0.3, 0.4) is 0 Å². The average Bonchev–Trinajstić information content (AvgIpc) is 1.99. The minimum absolute atomic E-state index is 0. The van der Waals surface area contributed by atoms with Crippen molar-refractivity contribution in [1.29, 1.82) is 0 Å². The van der Waals surface area contributed by atoms with Crippen LogP contribution < -0.4 is 11.5 Å². The molecule has 0 bridgehead atoms. The molecule has 0 unspecified atom stereocenters. The maximum Gasteiger partial charge on any atom is 0.326 e. The van der Waals surface area contributed by atoms with Crippen LogP contribution in [0.4, 0.5) is 0 Å². The number of hydrogen-bond donors (Lipinski definition) is 6. The first-order chi connectivity index (χ1) is 6.12. The van der Waals surface area contributed by atoms with E-state index < -0.39 is 27.5 Å². The molecule has 0 rings (SSSR count). The van der Waals surface area contributed by atoms with Crippen molar-refractivity contribution in [2.45, 2.75) is 0 Å². The Morgan fingerprint density at radius 3 is 1.07 bits per heavy atom. The van der Waals surface area contributed by atoms with Crippen molar-refractivity contribution in [2.75, 3.05) is 25.4 Å². The summed E-state index contributed by atoms with van der Waals surface area (Å²) >= 11 is 0. The zero-order chi connectivity index (χ0) is 11.8. The molecule has 0 aliphatic heterocycles. The molecule has 0 amide bonds. The van der Waals surface area contributed by atoms with Crippen LogP contribution in [0.1, 0.15) is 0 Å². The van der Waals surface area contributed by atoms with Crippen LogP contribution in [0.2, 0.25) is 0 Å². The molecular weight excluding hydrogens is 250 g/mol. The first-order valence-corrected chi connectivity index (χ1v) is 7.21. The highest BCUT2D eigenvalue weighted by Gasteiger charge is 2.20. The zero-order valence-electron chi connectivity index (χ0n) is 7.98. The molecule has 0 spiro atoms. The lowest BCUT2D eigenvalue weighted by Crippen LogP contribution is -2.11. The quantitative estimate of drug-likeness (QED) is 0.298. The summed E-state index contributed by atoms with van der Waals surface area (Å²) in [5.74, 6) is 0. The van der Waals surface area contributed by atoms with Crippen LogP contribution in [0, 0.1) is 0 Å². The maximum absolute atomic E-state index is 10.0. The van der Waals surface area contributed by atoms with E-state index in [1.165, 1.54) is 0 Å². The highest BCUT2D eigenvalue weighted by atomic mass is 31.2. The van der Waals surface area contributed by atoms with Gasteiger partial charge in [-0.2, -0.15) is 0 Å². The summed E-state index contributed by atoms with van der Waals surface area (Å²) in [6.07, 6.45) is -1.53. The summed E-state index contributed by atoms with van der Waals surface area (Å²) in [7, 11) is -8.51. The normalized spacial score (nSPS) is 11.1. The second-order valence-electron chi connectivity index (χ2n) is 2.35. The van der Waals surface area contributed by atoms with Gasteiger partial charge >= 0.3 is 15.2 Å². The topological polar surface area (TPSA) is 199 Å². The zero-order valence-corrected chi connectivity index (χ0v) is 9.77. The Balaban J connectivity index is -0.000000249. The van der Waals surface area contributed by atoms with E-state index in [4.69, 9.17) is 31.0 Å². The van der Waals surface area contributed by atoms with Crippen molar-refractivity contribution >= 4 is 15.2 Å². The average molecular weight is 268 g/mol.